The summed E-state index contributed by atoms with van der Waals surface area (Å²) in [6, 6.07) is 9.00. The van der Waals surface area contributed by atoms with Gasteiger partial charge in [-0.05, 0) is 43.4 Å². The lowest BCUT2D eigenvalue weighted by molar-refractivity contribution is -0.131. The summed E-state index contributed by atoms with van der Waals surface area (Å²) < 4.78 is 0. The van der Waals surface area contributed by atoms with E-state index in [2.05, 4.69) is 17.0 Å². The fourth-order valence-electron chi connectivity index (χ4n) is 3.49. The number of carboxylic acid groups (broad SMARTS) is 1. The first kappa shape index (κ1) is 13.7. The summed E-state index contributed by atoms with van der Waals surface area (Å²) in [5, 5.41) is 9.65. The van der Waals surface area contributed by atoms with Gasteiger partial charge in [0.15, 0.2) is 0 Å². The van der Waals surface area contributed by atoms with Gasteiger partial charge in [-0.15, -0.1) is 0 Å². The van der Waals surface area contributed by atoms with Gasteiger partial charge in [0.1, 0.15) is 0 Å². The Kier molecular flexibility index (Phi) is 3.81. The molecule has 2 aliphatic rings. The molecular weight excluding hydrogens is 274 g/mol. The van der Waals surface area contributed by atoms with Gasteiger partial charge in [0.25, 0.3) is 0 Å². The Hall–Kier alpha value is -1.32. The third kappa shape index (κ3) is 2.89. The number of hydrogen-bond acceptors (Lipinski definition) is 2. The molecule has 0 amide bonds. The van der Waals surface area contributed by atoms with E-state index in [0.29, 0.717) is 12.1 Å². The van der Waals surface area contributed by atoms with E-state index in [9.17, 15) is 4.79 Å². The highest BCUT2D eigenvalue weighted by Crippen LogP contribution is 2.39. The van der Waals surface area contributed by atoms with E-state index in [4.69, 9.17) is 16.7 Å². The van der Waals surface area contributed by atoms with Gasteiger partial charge >= 0.3 is 5.97 Å². The van der Waals surface area contributed by atoms with Crippen molar-refractivity contribution in [3.8, 4) is 0 Å². The van der Waals surface area contributed by atoms with Crippen molar-refractivity contribution in [2.75, 3.05) is 0 Å². The summed E-state index contributed by atoms with van der Waals surface area (Å²) in [6.07, 6.45) is 5.56. The van der Waals surface area contributed by atoms with Crippen LogP contribution in [0, 0.1) is 0 Å². The Balaban J connectivity index is 1.71. The smallest absolute Gasteiger partial charge is 0.328 e. The number of fused-ring (bicyclic) bond motifs is 2. The van der Waals surface area contributed by atoms with Crippen LogP contribution < -0.4 is 0 Å². The molecule has 0 aromatic heterocycles. The van der Waals surface area contributed by atoms with Crippen molar-refractivity contribution >= 4 is 17.6 Å². The minimum Gasteiger partial charge on any atom is -0.478 e. The van der Waals surface area contributed by atoms with Gasteiger partial charge in [-0.2, -0.15) is 0 Å². The second kappa shape index (κ2) is 5.58. The Labute approximate surface area is 123 Å². The topological polar surface area (TPSA) is 40.5 Å². The molecule has 2 atom stereocenters. The lowest BCUT2D eigenvalue weighted by Crippen LogP contribution is -2.39. The maximum Gasteiger partial charge on any atom is 0.328 e. The quantitative estimate of drug-likeness (QED) is 0.867. The normalized spacial score (nSPS) is 25.8. The monoisotopic (exact) mass is 291 g/mol. The van der Waals surface area contributed by atoms with Crippen LogP contribution in [0.4, 0.5) is 0 Å². The molecule has 0 aliphatic carbocycles. The number of nitrogens with zero attached hydrogens (tertiary/aromatic N) is 1. The molecule has 2 fully saturated rings. The summed E-state index contributed by atoms with van der Waals surface area (Å²) in [5.41, 5.74) is 2.37. The standard InChI is InChI=1S/C16H18ClNO2/c17-13-3-1-11(2-4-13)10-18-14-5-6-15(18)8-12(7-14)9-16(19)20/h1-4,9,14-15H,5-8,10H2,(H,19,20). The second-order valence-electron chi connectivity index (χ2n) is 5.73. The van der Waals surface area contributed by atoms with E-state index < -0.39 is 5.97 Å². The molecule has 1 aromatic carbocycles. The zero-order valence-corrected chi connectivity index (χ0v) is 12.0. The molecular formula is C16H18ClNO2. The average molecular weight is 292 g/mol. The van der Waals surface area contributed by atoms with E-state index in [1.54, 1.807) is 0 Å². The van der Waals surface area contributed by atoms with Gasteiger partial charge in [-0.1, -0.05) is 29.3 Å². The first-order valence-electron chi connectivity index (χ1n) is 7.04. The Morgan fingerprint density at radius 1 is 1.25 bits per heavy atom. The van der Waals surface area contributed by atoms with Gasteiger partial charge in [0.2, 0.25) is 0 Å². The van der Waals surface area contributed by atoms with Crippen LogP contribution >= 0.6 is 11.6 Å². The van der Waals surface area contributed by atoms with Crippen molar-refractivity contribution in [3.63, 3.8) is 0 Å². The average Bonchev–Trinajstić information content (AvgIpc) is 2.63. The second-order valence-corrected chi connectivity index (χ2v) is 6.17. The number of benzene rings is 1. The SMILES string of the molecule is O=C(O)C=C1CC2CCC(C1)N2Cc1ccc(Cl)cc1. The maximum atomic E-state index is 10.8. The predicted octanol–water partition coefficient (Wildman–Crippen LogP) is 3.48. The lowest BCUT2D eigenvalue weighted by atomic mass is 9.95. The lowest BCUT2D eigenvalue weighted by Gasteiger charge is -2.36. The van der Waals surface area contributed by atoms with Gasteiger partial charge < -0.3 is 5.11 Å². The predicted molar refractivity (Wildman–Crippen MR) is 78.8 cm³/mol. The van der Waals surface area contributed by atoms with Crippen LogP contribution in [0.5, 0.6) is 0 Å². The molecule has 2 heterocycles. The van der Waals surface area contributed by atoms with Crippen LogP contribution in [-0.4, -0.2) is 28.1 Å². The Bertz CT molecular complexity index is 522. The van der Waals surface area contributed by atoms with Crippen molar-refractivity contribution in [2.24, 2.45) is 0 Å². The largest absolute Gasteiger partial charge is 0.478 e. The summed E-state index contributed by atoms with van der Waals surface area (Å²) in [7, 11) is 0. The van der Waals surface area contributed by atoms with Crippen molar-refractivity contribution in [1.29, 1.82) is 0 Å². The fourth-order valence-corrected chi connectivity index (χ4v) is 3.62. The van der Waals surface area contributed by atoms with Gasteiger partial charge in [-0.25, -0.2) is 4.79 Å². The molecule has 1 N–H and O–H groups in total. The van der Waals surface area contributed by atoms with E-state index in [1.807, 2.05) is 12.1 Å². The molecule has 2 unspecified atom stereocenters. The molecule has 3 nitrogen and oxygen atoms in total. The molecule has 1 aromatic rings. The van der Waals surface area contributed by atoms with Crippen molar-refractivity contribution in [2.45, 2.75) is 44.3 Å². The van der Waals surface area contributed by atoms with E-state index in [-0.39, 0.29) is 0 Å². The Morgan fingerprint density at radius 3 is 2.40 bits per heavy atom. The number of piperidine rings is 1. The number of hydrogen-bond donors (Lipinski definition) is 1. The zero-order chi connectivity index (χ0) is 14.1. The van der Waals surface area contributed by atoms with Crippen molar-refractivity contribution < 1.29 is 9.90 Å². The van der Waals surface area contributed by atoms with Gasteiger partial charge in [-0.3, -0.25) is 4.90 Å². The van der Waals surface area contributed by atoms with E-state index in [1.165, 1.54) is 24.5 Å². The maximum absolute atomic E-state index is 10.8. The van der Waals surface area contributed by atoms with Crippen LogP contribution in [0.15, 0.2) is 35.9 Å². The molecule has 2 aliphatic heterocycles. The third-order valence-corrected chi connectivity index (χ3v) is 4.62. The highest BCUT2D eigenvalue weighted by atomic mass is 35.5. The fraction of sp³-hybridized carbons (Fsp3) is 0.438. The highest BCUT2D eigenvalue weighted by Gasteiger charge is 2.38. The number of rotatable bonds is 3. The summed E-state index contributed by atoms with van der Waals surface area (Å²) in [6.45, 7) is 0.937. The number of carbonyl (C=O) groups is 1. The number of aliphatic carboxylic acids is 1. The molecule has 20 heavy (non-hydrogen) atoms. The van der Waals surface area contributed by atoms with Crippen LogP contribution in [0.25, 0.3) is 0 Å². The molecule has 0 spiro atoms. The van der Waals surface area contributed by atoms with Crippen LogP contribution in [0.1, 0.15) is 31.2 Å². The third-order valence-electron chi connectivity index (χ3n) is 4.37. The molecule has 0 radical (unpaired) electrons. The van der Waals surface area contributed by atoms with Crippen molar-refractivity contribution in [3.05, 3.63) is 46.5 Å². The van der Waals surface area contributed by atoms with E-state index in [0.717, 1.165) is 30.0 Å². The van der Waals surface area contributed by atoms with Crippen LogP contribution in [-0.2, 0) is 11.3 Å². The minimum absolute atomic E-state index is 0.495. The number of carboxylic acids is 1. The molecule has 106 valence electrons. The number of halogens is 1. The first-order valence-corrected chi connectivity index (χ1v) is 7.42. The van der Waals surface area contributed by atoms with Crippen LogP contribution in [0.3, 0.4) is 0 Å². The summed E-state index contributed by atoms with van der Waals surface area (Å²) in [4.78, 5) is 13.3. The van der Waals surface area contributed by atoms with E-state index >= 15 is 0 Å². The molecule has 2 saturated heterocycles. The summed E-state index contributed by atoms with van der Waals surface area (Å²) in [5.74, 6) is -0.814. The molecule has 4 heteroatoms. The Morgan fingerprint density at radius 2 is 1.85 bits per heavy atom. The zero-order valence-electron chi connectivity index (χ0n) is 11.3. The summed E-state index contributed by atoms with van der Waals surface area (Å²) >= 11 is 5.91. The minimum atomic E-state index is -0.814. The van der Waals surface area contributed by atoms with Crippen LogP contribution in [0.2, 0.25) is 5.02 Å². The first-order chi connectivity index (χ1) is 9.61. The molecule has 3 rings (SSSR count). The molecule has 0 saturated carbocycles. The highest BCUT2D eigenvalue weighted by molar-refractivity contribution is 6.30. The molecule has 2 bridgehead atoms. The van der Waals surface area contributed by atoms with Gasteiger partial charge in [0, 0.05) is 29.7 Å². The van der Waals surface area contributed by atoms with Crippen molar-refractivity contribution in [1.82, 2.24) is 4.90 Å². The van der Waals surface area contributed by atoms with Gasteiger partial charge in [0.05, 0.1) is 0 Å².